The first-order valence-corrected chi connectivity index (χ1v) is 5.23. The van der Waals surface area contributed by atoms with Crippen molar-refractivity contribution in [2.24, 2.45) is 5.16 Å². The quantitative estimate of drug-likeness (QED) is 0.447. The molecule has 0 bridgehead atoms. The van der Waals surface area contributed by atoms with Crippen LogP contribution in [0.4, 0.5) is 4.79 Å². The highest BCUT2D eigenvalue weighted by Crippen LogP contribution is 2.26. The van der Waals surface area contributed by atoms with E-state index in [1.54, 1.807) is 7.11 Å². The maximum atomic E-state index is 10.8. The molecule has 17 heavy (non-hydrogen) atoms. The van der Waals surface area contributed by atoms with Crippen LogP contribution in [0.5, 0.6) is 5.75 Å². The lowest BCUT2D eigenvalue weighted by atomic mass is 10.1. The van der Waals surface area contributed by atoms with Gasteiger partial charge < -0.3 is 9.47 Å². The van der Waals surface area contributed by atoms with Gasteiger partial charge in [-0.25, -0.2) is 4.79 Å². The van der Waals surface area contributed by atoms with E-state index in [1.807, 2.05) is 18.2 Å². The first-order chi connectivity index (χ1) is 8.24. The third-order valence-electron chi connectivity index (χ3n) is 2.65. The fraction of sp³-hybridized carbons (Fsp3) is 0.333. The largest absolute Gasteiger partial charge is 0.534 e. The molecular weight excluding hydrogens is 222 g/mol. The molecule has 0 aromatic heterocycles. The summed E-state index contributed by atoms with van der Waals surface area (Å²) in [4.78, 5) is 15.4. The minimum Gasteiger partial charge on any atom is -0.497 e. The van der Waals surface area contributed by atoms with Crippen LogP contribution in [0.25, 0.3) is 0 Å². The fourth-order valence-corrected chi connectivity index (χ4v) is 1.80. The third kappa shape index (κ3) is 2.38. The molecule has 0 heterocycles. The third-order valence-corrected chi connectivity index (χ3v) is 2.65. The van der Waals surface area contributed by atoms with E-state index in [9.17, 15) is 4.79 Å². The number of rotatable bonds is 2. The van der Waals surface area contributed by atoms with E-state index >= 15 is 0 Å². The van der Waals surface area contributed by atoms with E-state index in [1.165, 1.54) is 7.11 Å². The van der Waals surface area contributed by atoms with Crippen molar-refractivity contribution >= 4 is 11.9 Å². The van der Waals surface area contributed by atoms with E-state index in [4.69, 9.17) is 4.74 Å². The lowest BCUT2D eigenvalue weighted by Gasteiger charge is -2.03. The van der Waals surface area contributed by atoms with Crippen LogP contribution in [0.1, 0.15) is 17.5 Å². The second kappa shape index (κ2) is 4.86. The molecule has 0 radical (unpaired) electrons. The number of oxime groups is 1. The van der Waals surface area contributed by atoms with Crippen molar-refractivity contribution in [2.45, 2.75) is 12.8 Å². The highest BCUT2D eigenvalue weighted by atomic mass is 16.8. The van der Waals surface area contributed by atoms with Crippen LogP contribution in [0, 0.1) is 0 Å². The zero-order valence-electron chi connectivity index (χ0n) is 9.73. The average Bonchev–Trinajstić information content (AvgIpc) is 2.77. The molecule has 5 nitrogen and oxygen atoms in total. The first-order valence-electron chi connectivity index (χ1n) is 5.23. The number of carbonyl (C=O) groups is 1. The number of ether oxygens (including phenoxy) is 2. The van der Waals surface area contributed by atoms with Crippen LogP contribution in [0.15, 0.2) is 23.4 Å². The molecule has 0 amide bonds. The van der Waals surface area contributed by atoms with Crippen molar-refractivity contribution < 1.29 is 19.1 Å². The Balaban J connectivity index is 2.19. The molecule has 0 aliphatic heterocycles. The van der Waals surface area contributed by atoms with Gasteiger partial charge in [0.15, 0.2) is 0 Å². The smallest absolute Gasteiger partial charge is 0.497 e. The lowest BCUT2D eigenvalue weighted by molar-refractivity contribution is 0.0753. The predicted octanol–water partition coefficient (Wildman–Crippen LogP) is 2.13. The van der Waals surface area contributed by atoms with E-state index < -0.39 is 6.16 Å². The normalized spacial score (nSPS) is 15.5. The van der Waals surface area contributed by atoms with Gasteiger partial charge in [0.25, 0.3) is 0 Å². The van der Waals surface area contributed by atoms with Gasteiger partial charge in [0.2, 0.25) is 0 Å². The van der Waals surface area contributed by atoms with Crippen LogP contribution < -0.4 is 4.74 Å². The van der Waals surface area contributed by atoms with Crippen molar-refractivity contribution in [1.29, 1.82) is 0 Å². The lowest BCUT2D eigenvalue weighted by Crippen LogP contribution is -2.03. The number of nitrogens with zero attached hydrogens (tertiary/aromatic N) is 1. The number of hydrogen-bond donors (Lipinski definition) is 0. The zero-order valence-corrected chi connectivity index (χ0v) is 9.73. The first kappa shape index (κ1) is 11.4. The number of fused-ring (bicyclic) bond motifs is 1. The van der Waals surface area contributed by atoms with Crippen LogP contribution in [-0.2, 0) is 16.0 Å². The summed E-state index contributed by atoms with van der Waals surface area (Å²) in [5.74, 6) is 0.818. The van der Waals surface area contributed by atoms with Gasteiger partial charge in [-0.1, -0.05) is 5.16 Å². The molecule has 0 spiro atoms. The molecule has 0 fully saturated rings. The summed E-state index contributed by atoms with van der Waals surface area (Å²) < 4.78 is 9.49. The van der Waals surface area contributed by atoms with E-state index in [0.717, 1.165) is 35.4 Å². The topological polar surface area (TPSA) is 57.1 Å². The second-order valence-electron chi connectivity index (χ2n) is 3.61. The number of benzene rings is 1. The number of aryl methyl sites for hydroxylation is 1. The van der Waals surface area contributed by atoms with E-state index in [2.05, 4.69) is 14.7 Å². The molecule has 0 unspecified atom stereocenters. The molecule has 1 aromatic carbocycles. The van der Waals surface area contributed by atoms with Crippen LogP contribution >= 0.6 is 0 Å². The molecule has 5 heteroatoms. The monoisotopic (exact) mass is 235 g/mol. The Labute approximate surface area is 99.0 Å². The average molecular weight is 235 g/mol. The molecule has 90 valence electrons. The van der Waals surface area contributed by atoms with Gasteiger partial charge in [-0.3, -0.25) is 4.84 Å². The Morgan fingerprint density at radius 1 is 1.29 bits per heavy atom. The van der Waals surface area contributed by atoms with Crippen LogP contribution in [0.3, 0.4) is 0 Å². The molecule has 1 aliphatic carbocycles. The van der Waals surface area contributed by atoms with Gasteiger partial charge >= 0.3 is 6.16 Å². The fourth-order valence-electron chi connectivity index (χ4n) is 1.80. The molecular formula is C12H13NO4. The van der Waals surface area contributed by atoms with E-state index in [-0.39, 0.29) is 0 Å². The number of methoxy groups -OCH3 is 2. The Bertz CT molecular complexity index is 468. The predicted molar refractivity (Wildman–Crippen MR) is 61.3 cm³/mol. The maximum Gasteiger partial charge on any atom is 0.534 e. The Hall–Kier alpha value is -2.04. The zero-order chi connectivity index (χ0) is 12.3. The Morgan fingerprint density at radius 2 is 2.12 bits per heavy atom. The van der Waals surface area contributed by atoms with Crippen molar-refractivity contribution in [2.75, 3.05) is 14.2 Å². The minimum atomic E-state index is -0.806. The number of carbonyl (C=O) groups excluding carboxylic acids is 1. The molecule has 1 aromatic rings. The van der Waals surface area contributed by atoms with Crippen molar-refractivity contribution in [3.63, 3.8) is 0 Å². The van der Waals surface area contributed by atoms with Gasteiger partial charge in [-0.15, -0.1) is 0 Å². The van der Waals surface area contributed by atoms with E-state index in [0.29, 0.717) is 0 Å². The Morgan fingerprint density at radius 3 is 2.82 bits per heavy atom. The summed E-state index contributed by atoms with van der Waals surface area (Å²) >= 11 is 0. The SMILES string of the molecule is COC(=O)O/N=C1\CCc2cc(OC)ccc21. The minimum absolute atomic E-state index is 0.749. The van der Waals surface area contributed by atoms with Crippen molar-refractivity contribution in [1.82, 2.24) is 0 Å². The second-order valence-corrected chi connectivity index (χ2v) is 3.61. The highest BCUT2D eigenvalue weighted by molar-refractivity contribution is 6.04. The summed E-state index contributed by atoms with van der Waals surface area (Å²) in [6.45, 7) is 0. The van der Waals surface area contributed by atoms with Gasteiger partial charge in [-0.05, 0) is 36.6 Å². The standard InChI is InChI=1S/C12H13NO4/c1-15-9-4-5-10-8(7-9)3-6-11(10)13-17-12(14)16-2/h4-5,7H,3,6H2,1-2H3/b13-11+. The summed E-state index contributed by atoms with van der Waals surface area (Å²) in [6, 6.07) is 5.74. The van der Waals surface area contributed by atoms with Gasteiger partial charge in [-0.2, -0.15) is 0 Å². The van der Waals surface area contributed by atoms with Crippen molar-refractivity contribution in [3.8, 4) is 5.75 Å². The molecule has 0 saturated heterocycles. The summed E-state index contributed by atoms with van der Waals surface area (Å²) in [7, 11) is 2.88. The summed E-state index contributed by atoms with van der Waals surface area (Å²) in [5.41, 5.74) is 2.90. The Kier molecular flexibility index (Phi) is 3.27. The molecule has 1 aliphatic rings. The van der Waals surface area contributed by atoms with Crippen LogP contribution in [0.2, 0.25) is 0 Å². The molecule has 0 N–H and O–H groups in total. The number of hydrogen-bond acceptors (Lipinski definition) is 5. The van der Waals surface area contributed by atoms with Crippen LogP contribution in [-0.4, -0.2) is 26.1 Å². The molecule has 2 rings (SSSR count). The molecule has 0 saturated carbocycles. The highest BCUT2D eigenvalue weighted by Gasteiger charge is 2.19. The summed E-state index contributed by atoms with van der Waals surface area (Å²) in [6.07, 6.45) is 0.814. The van der Waals surface area contributed by atoms with Gasteiger partial charge in [0, 0.05) is 5.56 Å². The van der Waals surface area contributed by atoms with Gasteiger partial charge in [0.05, 0.1) is 19.9 Å². The summed E-state index contributed by atoms with van der Waals surface area (Å²) in [5, 5.41) is 3.79. The van der Waals surface area contributed by atoms with Gasteiger partial charge in [0.1, 0.15) is 5.75 Å². The van der Waals surface area contributed by atoms with Crippen molar-refractivity contribution in [3.05, 3.63) is 29.3 Å². The molecule has 0 atom stereocenters. The maximum absolute atomic E-state index is 10.8.